The van der Waals surface area contributed by atoms with Gasteiger partial charge in [-0.15, -0.1) is 0 Å². The fourth-order valence-electron chi connectivity index (χ4n) is 2.31. The van der Waals surface area contributed by atoms with Crippen LogP contribution in [0, 0.1) is 0 Å². The third-order valence-electron chi connectivity index (χ3n) is 3.70. The molecule has 0 aliphatic rings. The van der Waals surface area contributed by atoms with Gasteiger partial charge in [-0.3, -0.25) is 0 Å². The summed E-state index contributed by atoms with van der Waals surface area (Å²) in [7, 11) is 1.53. The van der Waals surface area contributed by atoms with Gasteiger partial charge in [0.1, 0.15) is 12.4 Å². The van der Waals surface area contributed by atoms with Gasteiger partial charge in [-0.05, 0) is 23.8 Å². The predicted molar refractivity (Wildman–Crippen MR) is 95.9 cm³/mol. The molecule has 2 N–H and O–H groups in total. The highest BCUT2D eigenvalue weighted by molar-refractivity contribution is 5.89. The van der Waals surface area contributed by atoms with Gasteiger partial charge in [-0.2, -0.15) is 8.78 Å². The second-order valence-electron chi connectivity index (χ2n) is 5.87. The standard InChI is InChI=1S/C19H20F4N2O3/c1-27-16-8-3-2-6-14(16)10-24-18(26)25-15-7-4-5-13(9-15)11-28-12-19(22,23)17(20)21/h2-9,17H,10-12H2,1H3,(H2,24,25,26). The van der Waals surface area contributed by atoms with Gasteiger partial charge >= 0.3 is 18.4 Å². The highest BCUT2D eigenvalue weighted by atomic mass is 19.3. The molecule has 0 atom stereocenters. The molecule has 2 rings (SSSR count). The van der Waals surface area contributed by atoms with Gasteiger partial charge in [-0.1, -0.05) is 30.3 Å². The van der Waals surface area contributed by atoms with E-state index in [1.807, 2.05) is 18.2 Å². The van der Waals surface area contributed by atoms with E-state index in [0.717, 1.165) is 5.56 Å². The van der Waals surface area contributed by atoms with Crippen molar-refractivity contribution in [1.82, 2.24) is 5.32 Å². The van der Waals surface area contributed by atoms with Crippen molar-refractivity contribution >= 4 is 11.7 Å². The van der Waals surface area contributed by atoms with Crippen LogP contribution < -0.4 is 15.4 Å². The van der Waals surface area contributed by atoms with Gasteiger partial charge in [0.25, 0.3) is 0 Å². The number of carbonyl (C=O) groups excluding carboxylic acids is 1. The molecule has 152 valence electrons. The van der Waals surface area contributed by atoms with Crippen molar-refractivity contribution in [1.29, 1.82) is 0 Å². The van der Waals surface area contributed by atoms with Crippen molar-refractivity contribution in [2.24, 2.45) is 0 Å². The molecule has 0 spiro atoms. The fraction of sp³-hybridized carbons (Fsp3) is 0.316. The average molecular weight is 400 g/mol. The number of hydrogen-bond donors (Lipinski definition) is 2. The molecule has 2 amide bonds. The van der Waals surface area contributed by atoms with Gasteiger partial charge in [-0.25, -0.2) is 13.6 Å². The third kappa shape index (κ3) is 6.41. The lowest BCUT2D eigenvalue weighted by Gasteiger charge is -2.15. The first-order valence-electron chi connectivity index (χ1n) is 8.31. The van der Waals surface area contributed by atoms with E-state index in [9.17, 15) is 22.4 Å². The molecule has 9 heteroatoms. The Morgan fingerprint density at radius 1 is 1.14 bits per heavy atom. The number of nitrogens with one attached hydrogen (secondary N) is 2. The SMILES string of the molecule is COc1ccccc1CNC(=O)Nc1cccc(COCC(F)(F)C(F)F)c1. The number of benzene rings is 2. The number of alkyl halides is 4. The quantitative estimate of drug-likeness (QED) is 0.612. The van der Waals surface area contributed by atoms with Crippen molar-refractivity contribution in [2.45, 2.75) is 25.5 Å². The van der Waals surface area contributed by atoms with E-state index >= 15 is 0 Å². The minimum Gasteiger partial charge on any atom is -0.496 e. The number of rotatable bonds is 9. The number of para-hydroxylation sites is 1. The second kappa shape index (κ2) is 9.93. The Kier molecular flexibility index (Phi) is 7.62. The molecule has 0 fully saturated rings. The summed E-state index contributed by atoms with van der Waals surface area (Å²) in [5.41, 5.74) is 1.65. The maximum Gasteiger partial charge on any atom is 0.330 e. The topological polar surface area (TPSA) is 59.6 Å². The van der Waals surface area contributed by atoms with Crippen LogP contribution in [-0.4, -0.2) is 32.1 Å². The molecular weight excluding hydrogens is 380 g/mol. The van der Waals surface area contributed by atoms with Crippen LogP contribution in [0.4, 0.5) is 28.0 Å². The maximum atomic E-state index is 12.8. The highest BCUT2D eigenvalue weighted by Crippen LogP contribution is 2.23. The molecule has 0 radical (unpaired) electrons. The molecule has 2 aromatic carbocycles. The summed E-state index contributed by atoms with van der Waals surface area (Å²) in [6, 6.07) is 13.0. The van der Waals surface area contributed by atoms with E-state index in [1.54, 1.807) is 24.3 Å². The van der Waals surface area contributed by atoms with Gasteiger partial charge < -0.3 is 20.1 Å². The molecule has 0 aliphatic heterocycles. The van der Waals surface area contributed by atoms with Crippen molar-refractivity contribution in [3.8, 4) is 5.75 Å². The zero-order valence-electron chi connectivity index (χ0n) is 15.1. The van der Waals surface area contributed by atoms with E-state index in [1.165, 1.54) is 13.2 Å². The normalized spacial score (nSPS) is 11.4. The lowest BCUT2D eigenvalue weighted by molar-refractivity contribution is -0.168. The zero-order valence-corrected chi connectivity index (χ0v) is 15.1. The third-order valence-corrected chi connectivity index (χ3v) is 3.70. The molecule has 0 bridgehead atoms. The van der Waals surface area contributed by atoms with E-state index in [4.69, 9.17) is 4.74 Å². The average Bonchev–Trinajstić information content (AvgIpc) is 2.66. The van der Waals surface area contributed by atoms with Gasteiger partial charge in [0, 0.05) is 17.8 Å². The van der Waals surface area contributed by atoms with Crippen LogP contribution in [0.2, 0.25) is 0 Å². The van der Waals surface area contributed by atoms with Crippen LogP contribution >= 0.6 is 0 Å². The van der Waals surface area contributed by atoms with Gasteiger partial charge in [0.2, 0.25) is 0 Å². The number of halogens is 4. The predicted octanol–water partition coefficient (Wildman–Crippen LogP) is 4.43. The summed E-state index contributed by atoms with van der Waals surface area (Å²) in [6.07, 6.45) is -3.78. The van der Waals surface area contributed by atoms with Crippen LogP contribution in [0.3, 0.4) is 0 Å². The molecule has 0 unspecified atom stereocenters. The molecule has 5 nitrogen and oxygen atoms in total. The smallest absolute Gasteiger partial charge is 0.330 e. The lowest BCUT2D eigenvalue weighted by atomic mass is 10.2. The number of amides is 2. The Labute approximate surface area is 159 Å². The summed E-state index contributed by atoms with van der Waals surface area (Å²) >= 11 is 0. The van der Waals surface area contributed by atoms with Crippen LogP contribution in [0.1, 0.15) is 11.1 Å². The lowest BCUT2D eigenvalue weighted by Crippen LogP contribution is -2.32. The van der Waals surface area contributed by atoms with Crippen molar-refractivity contribution in [3.63, 3.8) is 0 Å². The van der Waals surface area contributed by atoms with Gasteiger partial charge in [0.05, 0.1) is 13.7 Å². The summed E-state index contributed by atoms with van der Waals surface area (Å²) in [4.78, 5) is 12.0. The molecule has 0 saturated heterocycles. The molecule has 0 aliphatic carbocycles. The number of hydrogen-bond acceptors (Lipinski definition) is 3. The van der Waals surface area contributed by atoms with E-state index in [-0.39, 0.29) is 13.2 Å². The number of urea groups is 1. The first-order valence-corrected chi connectivity index (χ1v) is 8.31. The summed E-state index contributed by atoms with van der Waals surface area (Å²) < 4.78 is 59.7. The van der Waals surface area contributed by atoms with Crippen molar-refractivity contribution in [2.75, 3.05) is 19.0 Å². The molecule has 28 heavy (non-hydrogen) atoms. The first-order chi connectivity index (χ1) is 13.3. The number of methoxy groups -OCH3 is 1. The molecule has 2 aromatic rings. The van der Waals surface area contributed by atoms with Crippen LogP contribution in [-0.2, 0) is 17.9 Å². The number of carbonyl (C=O) groups is 1. The van der Waals surface area contributed by atoms with Crippen molar-refractivity contribution in [3.05, 3.63) is 59.7 Å². The highest BCUT2D eigenvalue weighted by Gasteiger charge is 2.40. The van der Waals surface area contributed by atoms with E-state index in [2.05, 4.69) is 15.4 Å². The Morgan fingerprint density at radius 3 is 2.61 bits per heavy atom. The zero-order chi connectivity index (χ0) is 20.6. The van der Waals surface area contributed by atoms with Gasteiger partial charge in [0.15, 0.2) is 0 Å². The van der Waals surface area contributed by atoms with Crippen molar-refractivity contribution < 1.29 is 31.8 Å². The minimum atomic E-state index is -4.20. The van der Waals surface area contributed by atoms with Crippen LogP contribution in [0.5, 0.6) is 5.75 Å². The first kappa shape index (κ1) is 21.5. The summed E-state index contributed by atoms with van der Waals surface area (Å²) in [5, 5.41) is 5.27. The molecule has 0 heterocycles. The largest absolute Gasteiger partial charge is 0.496 e. The molecular formula is C19H20F4N2O3. The summed E-state index contributed by atoms with van der Waals surface area (Å²) in [5.74, 6) is -3.56. The Balaban J connectivity index is 1.85. The Bertz CT molecular complexity index is 787. The maximum absolute atomic E-state index is 12.8. The van der Waals surface area contributed by atoms with Crippen LogP contribution in [0.25, 0.3) is 0 Å². The second-order valence-corrected chi connectivity index (χ2v) is 5.87. The molecule has 0 aromatic heterocycles. The Morgan fingerprint density at radius 2 is 1.89 bits per heavy atom. The number of anilines is 1. The monoisotopic (exact) mass is 400 g/mol. The summed E-state index contributed by atoms with van der Waals surface area (Å²) in [6.45, 7) is -1.44. The minimum absolute atomic E-state index is 0.237. The van der Waals surface area contributed by atoms with E-state index < -0.39 is 25.0 Å². The molecule has 0 saturated carbocycles. The Hall–Kier alpha value is -2.81. The van der Waals surface area contributed by atoms with E-state index in [0.29, 0.717) is 17.0 Å². The van der Waals surface area contributed by atoms with Crippen LogP contribution in [0.15, 0.2) is 48.5 Å². The fourth-order valence-corrected chi connectivity index (χ4v) is 2.31. The number of ether oxygens (including phenoxy) is 2.